The maximum atomic E-state index is 11.8. The van der Waals surface area contributed by atoms with Crippen LogP contribution in [0.15, 0.2) is 72.8 Å². The zero-order chi connectivity index (χ0) is 15.1. The second kappa shape index (κ2) is 7.05. The summed E-state index contributed by atoms with van der Waals surface area (Å²) in [4.78, 5) is 22.3. The maximum absolute atomic E-state index is 11.8. The molecule has 1 amide bonds. The van der Waals surface area contributed by atoms with E-state index in [-0.39, 0.29) is 6.04 Å². The van der Waals surface area contributed by atoms with Crippen LogP contribution in [0.25, 0.3) is 0 Å². The van der Waals surface area contributed by atoms with E-state index in [1.807, 2.05) is 60.7 Å². The third-order valence-electron chi connectivity index (χ3n) is 2.93. The minimum atomic E-state index is -1.15. The zero-order valence-corrected chi connectivity index (χ0v) is 11.3. The lowest BCUT2D eigenvalue weighted by molar-refractivity contribution is -0.131. The molecule has 0 bridgehead atoms. The minimum Gasteiger partial charge on any atom is -0.478 e. The summed E-state index contributed by atoms with van der Waals surface area (Å²) in [7, 11) is 0. The SMILES string of the molecule is O=C(O)/C=C\C(=O)NC(c1ccccc1)c1ccccc1. The molecule has 21 heavy (non-hydrogen) atoms. The zero-order valence-electron chi connectivity index (χ0n) is 11.3. The highest BCUT2D eigenvalue weighted by Gasteiger charge is 2.15. The van der Waals surface area contributed by atoms with Gasteiger partial charge in [0.1, 0.15) is 0 Å². The Labute approximate surface area is 122 Å². The number of hydrogen-bond donors (Lipinski definition) is 2. The molecule has 0 aliphatic rings. The van der Waals surface area contributed by atoms with E-state index in [2.05, 4.69) is 5.32 Å². The van der Waals surface area contributed by atoms with Crippen molar-refractivity contribution in [3.8, 4) is 0 Å². The highest BCUT2D eigenvalue weighted by atomic mass is 16.4. The first-order valence-corrected chi connectivity index (χ1v) is 6.48. The number of benzene rings is 2. The fraction of sp³-hybridized carbons (Fsp3) is 0.0588. The fourth-order valence-corrected chi connectivity index (χ4v) is 1.99. The summed E-state index contributed by atoms with van der Waals surface area (Å²) in [6, 6.07) is 18.7. The molecule has 0 saturated heterocycles. The molecular weight excluding hydrogens is 266 g/mol. The van der Waals surface area contributed by atoms with Crippen molar-refractivity contribution in [1.29, 1.82) is 0 Å². The number of carboxylic acid groups (broad SMARTS) is 1. The lowest BCUT2D eigenvalue weighted by atomic mass is 9.99. The van der Waals surface area contributed by atoms with Gasteiger partial charge >= 0.3 is 5.97 Å². The summed E-state index contributed by atoms with van der Waals surface area (Å²) < 4.78 is 0. The summed E-state index contributed by atoms with van der Waals surface area (Å²) in [5, 5.41) is 11.4. The van der Waals surface area contributed by atoms with Crippen LogP contribution >= 0.6 is 0 Å². The Morgan fingerprint density at radius 2 is 1.33 bits per heavy atom. The van der Waals surface area contributed by atoms with Crippen molar-refractivity contribution in [2.75, 3.05) is 0 Å². The first-order chi connectivity index (χ1) is 10.2. The van der Waals surface area contributed by atoms with E-state index in [4.69, 9.17) is 5.11 Å². The lowest BCUT2D eigenvalue weighted by Crippen LogP contribution is -2.27. The monoisotopic (exact) mass is 281 g/mol. The number of carbonyl (C=O) groups excluding carboxylic acids is 1. The van der Waals surface area contributed by atoms with Crippen molar-refractivity contribution in [2.24, 2.45) is 0 Å². The van der Waals surface area contributed by atoms with Gasteiger partial charge in [0.05, 0.1) is 6.04 Å². The Balaban J connectivity index is 2.25. The van der Waals surface area contributed by atoms with E-state index >= 15 is 0 Å². The van der Waals surface area contributed by atoms with Crippen LogP contribution in [0.1, 0.15) is 17.2 Å². The average Bonchev–Trinajstić information content (AvgIpc) is 2.52. The molecule has 0 aliphatic carbocycles. The van der Waals surface area contributed by atoms with Crippen molar-refractivity contribution in [3.05, 3.63) is 83.9 Å². The summed E-state index contributed by atoms with van der Waals surface area (Å²) >= 11 is 0. The molecule has 0 fully saturated rings. The topological polar surface area (TPSA) is 66.4 Å². The maximum Gasteiger partial charge on any atom is 0.328 e. The van der Waals surface area contributed by atoms with Gasteiger partial charge in [-0.1, -0.05) is 60.7 Å². The van der Waals surface area contributed by atoms with Gasteiger partial charge in [0.15, 0.2) is 0 Å². The Bertz CT molecular complexity index is 596. The van der Waals surface area contributed by atoms with Gasteiger partial charge in [-0.05, 0) is 11.1 Å². The number of carboxylic acids is 1. The van der Waals surface area contributed by atoms with Gasteiger partial charge in [-0.25, -0.2) is 4.79 Å². The van der Waals surface area contributed by atoms with Crippen molar-refractivity contribution in [3.63, 3.8) is 0 Å². The highest BCUT2D eigenvalue weighted by molar-refractivity contribution is 5.94. The third-order valence-corrected chi connectivity index (χ3v) is 2.93. The fourth-order valence-electron chi connectivity index (χ4n) is 1.99. The van der Waals surface area contributed by atoms with Crippen LogP contribution in [0.4, 0.5) is 0 Å². The molecule has 0 unspecified atom stereocenters. The Kier molecular flexibility index (Phi) is 4.88. The van der Waals surface area contributed by atoms with Crippen LogP contribution in [0.3, 0.4) is 0 Å². The molecule has 0 spiro atoms. The van der Waals surface area contributed by atoms with Gasteiger partial charge in [0.25, 0.3) is 0 Å². The predicted octanol–water partition coefficient (Wildman–Crippen LogP) is 2.53. The van der Waals surface area contributed by atoms with Crippen LogP contribution in [0.2, 0.25) is 0 Å². The van der Waals surface area contributed by atoms with Crippen molar-refractivity contribution >= 4 is 11.9 Å². The van der Waals surface area contributed by atoms with E-state index in [0.717, 1.165) is 23.3 Å². The van der Waals surface area contributed by atoms with E-state index in [9.17, 15) is 9.59 Å². The van der Waals surface area contributed by atoms with Crippen LogP contribution in [-0.4, -0.2) is 17.0 Å². The molecule has 2 aromatic carbocycles. The van der Waals surface area contributed by atoms with Crippen LogP contribution < -0.4 is 5.32 Å². The van der Waals surface area contributed by atoms with Gasteiger partial charge < -0.3 is 10.4 Å². The molecule has 0 saturated carbocycles. The molecular formula is C17H15NO3. The Hall–Kier alpha value is -2.88. The standard InChI is InChI=1S/C17H15NO3/c19-15(11-12-16(20)21)18-17(13-7-3-1-4-8-13)14-9-5-2-6-10-14/h1-12,17H,(H,18,19)(H,20,21)/b12-11-. The predicted molar refractivity (Wildman–Crippen MR) is 79.6 cm³/mol. The summed E-state index contributed by atoms with van der Waals surface area (Å²) in [5.41, 5.74) is 1.86. The number of rotatable bonds is 5. The van der Waals surface area contributed by atoms with Gasteiger partial charge in [-0.15, -0.1) is 0 Å². The van der Waals surface area contributed by atoms with E-state index in [1.165, 1.54) is 0 Å². The molecule has 4 heteroatoms. The second-order valence-corrected chi connectivity index (χ2v) is 4.43. The highest BCUT2D eigenvalue weighted by Crippen LogP contribution is 2.21. The van der Waals surface area contributed by atoms with Crippen molar-refractivity contribution < 1.29 is 14.7 Å². The normalized spacial score (nSPS) is 10.7. The van der Waals surface area contributed by atoms with E-state index < -0.39 is 11.9 Å². The van der Waals surface area contributed by atoms with Crippen LogP contribution in [0, 0.1) is 0 Å². The third kappa shape index (κ3) is 4.31. The smallest absolute Gasteiger partial charge is 0.328 e. The Morgan fingerprint density at radius 1 is 0.857 bits per heavy atom. The van der Waals surface area contributed by atoms with Gasteiger partial charge in [-0.3, -0.25) is 4.79 Å². The molecule has 0 radical (unpaired) electrons. The average molecular weight is 281 g/mol. The molecule has 2 N–H and O–H groups in total. The molecule has 106 valence electrons. The van der Waals surface area contributed by atoms with E-state index in [1.54, 1.807) is 0 Å². The Morgan fingerprint density at radius 3 is 1.76 bits per heavy atom. The lowest BCUT2D eigenvalue weighted by Gasteiger charge is -2.18. The van der Waals surface area contributed by atoms with Crippen molar-refractivity contribution in [2.45, 2.75) is 6.04 Å². The summed E-state index contributed by atoms with van der Waals surface area (Å²) in [5.74, 6) is -1.60. The van der Waals surface area contributed by atoms with Crippen molar-refractivity contribution in [1.82, 2.24) is 5.32 Å². The molecule has 4 nitrogen and oxygen atoms in total. The van der Waals surface area contributed by atoms with Gasteiger partial charge in [0.2, 0.25) is 5.91 Å². The number of amides is 1. The van der Waals surface area contributed by atoms with Gasteiger partial charge in [0, 0.05) is 12.2 Å². The summed E-state index contributed by atoms with van der Waals surface area (Å²) in [6.07, 6.45) is 1.84. The molecule has 0 heterocycles. The van der Waals surface area contributed by atoms with Crippen LogP contribution in [0.5, 0.6) is 0 Å². The number of nitrogens with one attached hydrogen (secondary N) is 1. The number of carbonyl (C=O) groups is 2. The number of aliphatic carboxylic acids is 1. The van der Waals surface area contributed by atoms with E-state index in [0.29, 0.717) is 0 Å². The quantitative estimate of drug-likeness (QED) is 0.828. The number of hydrogen-bond acceptors (Lipinski definition) is 2. The first kappa shape index (κ1) is 14.5. The van der Waals surface area contributed by atoms with Gasteiger partial charge in [-0.2, -0.15) is 0 Å². The summed E-state index contributed by atoms with van der Waals surface area (Å²) in [6.45, 7) is 0. The molecule has 2 rings (SSSR count). The van der Waals surface area contributed by atoms with Crippen LogP contribution in [-0.2, 0) is 9.59 Å². The molecule has 0 aliphatic heterocycles. The molecule has 0 atom stereocenters. The second-order valence-electron chi connectivity index (χ2n) is 4.43. The molecule has 0 aromatic heterocycles. The first-order valence-electron chi connectivity index (χ1n) is 6.48. The minimum absolute atomic E-state index is 0.321. The largest absolute Gasteiger partial charge is 0.478 e. The molecule has 2 aromatic rings.